The molecular weight excluding hydrogens is 540 g/mol. The highest BCUT2D eigenvalue weighted by Crippen LogP contribution is 2.16. The van der Waals surface area contributed by atoms with Crippen molar-refractivity contribution in [3.8, 4) is 0 Å². The van der Waals surface area contributed by atoms with Gasteiger partial charge in [-0.2, -0.15) is 0 Å². The van der Waals surface area contributed by atoms with E-state index < -0.39 is 5.91 Å². The van der Waals surface area contributed by atoms with E-state index in [1.807, 2.05) is 61.5 Å². The number of hydrogen-bond donors (Lipinski definition) is 2. The summed E-state index contributed by atoms with van der Waals surface area (Å²) < 4.78 is 0.968. The molecule has 4 aromatic carbocycles. The summed E-state index contributed by atoms with van der Waals surface area (Å²) in [5.41, 5.74) is 4.21. The normalized spacial score (nSPS) is 11.3. The first-order valence-electron chi connectivity index (χ1n) is 11.9. The van der Waals surface area contributed by atoms with Gasteiger partial charge in [0.25, 0.3) is 11.8 Å². The fourth-order valence-corrected chi connectivity index (χ4v) is 3.87. The molecule has 4 aromatic rings. The highest BCUT2D eigenvalue weighted by atomic mass is 79.9. The summed E-state index contributed by atoms with van der Waals surface area (Å²) >= 11 is 3.39. The zero-order valence-corrected chi connectivity index (χ0v) is 22.2. The van der Waals surface area contributed by atoms with Gasteiger partial charge in [-0.15, -0.1) is 0 Å². The molecule has 5 nitrogen and oxygen atoms in total. The van der Waals surface area contributed by atoms with Crippen LogP contribution in [0.1, 0.15) is 37.4 Å². The third kappa shape index (κ3) is 7.24. The molecule has 0 fully saturated rings. The number of amides is 2. The van der Waals surface area contributed by atoms with Gasteiger partial charge >= 0.3 is 0 Å². The van der Waals surface area contributed by atoms with Crippen LogP contribution in [0, 0.1) is 6.92 Å². The van der Waals surface area contributed by atoms with Crippen LogP contribution in [-0.2, 0) is 4.79 Å². The maximum atomic E-state index is 13.2. The van der Waals surface area contributed by atoms with Crippen LogP contribution in [0.4, 0.5) is 5.69 Å². The van der Waals surface area contributed by atoms with Crippen LogP contribution in [0.25, 0.3) is 12.2 Å². The van der Waals surface area contributed by atoms with E-state index in [1.54, 1.807) is 60.7 Å². The van der Waals surface area contributed by atoms with Crippen LogP contribution < -0.4 is 10.6 Å². The smallest absolute Gasteiger partial charge is 0.272 e. The molecule has 0 radical (unpaired) electrons. The fraction of sp³-hybridized carbons (Fsp3) is 0.0312. The molecule has 0 bridgehead atoms. The van der Waals surface area contributed by atoms with Gasteiger partial charge < -0.3 is 10.6 Å². The van der Waals surface area contributed by atoms with E-state index in [4.69, 9.17) is 0 Å². The predicted molar refractivity (Wildman–Crippen MR) is 156 cm³/mol. The van der Waals surface area contributed by atoms with E-state index in [2.05, 4.69) is 26.6 Å². The van der Waals surface area contributed by atoms with Crippen molar-refractivity contribution in [2.24, 2.45) is 0 Å². The zero-order valence-electron chi connectivity index (χ0n) is 20.6. The highest BCUT2D eigenvalue weighted by Gasteiger charge is 2.15. The Labute approximate surface area is 230 Å². The molecule has 0 unspecified atom stereocenters. The number of benzene rings is 4. The minimum absolute atomic E-state index is 0.103. The summed E-state index contributed by atoms with van der Waals surface area (Å²) in [7, 11) is 0. The molecular formula is C32H25BrN2O3. The van der Waals surface area contributed by atoms with Crippen LogP contribution >= 0.6 is 15.9 Å². The van der Waals surface area contributed by atoms with Crippen molar-refractivity contribution in [2.45, 2.75) is 6.92 Å². The third-order valence-electron chi connectivity index (χ3n) is 5.74. The Bertz CT molecular complexity index is 1510. The van der Waals surface area contributed by atoms with Gasteiger partial charge in [-0.1, -0.05) is 76.6 Å². The molecule has 188 valence electrons. The van der Waals surface area contributed by atoms with Gasteiger partial charge in [-0.3, -0.25) is 14.4 Å². The number of allylic oxidation sites excluding steroid dienone is 1. The van der Waals surface area contributed by atoms with Gasteiger partial charge in [-0.25, -0.2) is 0 Å². The number of carbonyl (C=O) groups is 3. The van der Waals surface area contributed by atoms with Gasteiger partial charge in [0, 0.05) is 21.3 Å². The Morgan fingerprint density at radius 1 is 0.737 bits per heavy atom. The number of rotatable bonds is 8. The topological polar surface area (TPSA) is 75.3 Å². The Kier molecular flexibility index (Phi) is 8.80. The number of anilines is 1. The van der Waals surface area contributed by atoms with Crippen molar-refractivity contribution in [3.63, 3.8) is 0 Å². The number of carbonyl (C=O) groups excluding carboxylic acids is 3. The SMILES string of the molecule is Cc1ccccc1/C=C(\NC(=O)c1ccccc1)C(=O)Nc1ccc(C(=O)/C=C/c2ccc(Br)cc2)cc1. The average Bonchev–Trinajstić information content (AvgIpc) is 2.94. The number of hydrogen-bond acceptors (Lipinski definition) is 3. The highest BCUT2D eigenvalue weighted by molar-refractivity contribution is 9.10. The Hall–Kier alpha value is -4.55. The number of ketones is 1. The lowest BCUT2D eigenvalue weighted by Crippen LogP contribution is -2.30. The molecule has 0 aliphatic heterocycles. The van der Waals surface area contributed by atoms with Crippen molar-refractivity contribution in [1.82, 2.24) is 5.32 Å². The quantitative estimate of drug-likeness (QED) is 0.177. The molecule has 0 spiro atoms. The molecule has 4 rings (SSSR count). The first kappa shape index (κ1) is 26.5. The van der Waals surface area contributed by atoms with Crippen molar-refractivity contribution in [3.05, 3.63) is 147 Å². The maximum absolute atomic E-state index is 13.2. The van der Waals surface area contributed by atoms with E-state index in [1.165, 1.54) is 6.08 Å². The molecule has 0 atom stereocenters. The van der Waals surface area contributed by atoms with Crippen LogP contribution in [0.2, 0.25) is 0 Å². The predicted octanol–water partition coefficient (Wildman–Crippen LogP) is 7.06. The van der Waals surface area contributed by atoms with Gasteiger partial charge in [-0.05, 0) is 84.3 Å². The molecule has 0 aromatic heterocycles. The minimum Gasteiger partial charge on any atom is -0.321 e. The van der Waals surface area contributed by atoms with E-state index in [0.29, 0.717) is 16.8 Å². The second-order valence-corrected chi connectivity index (χ2v) is 9.43. The zero-order chi connectivity index (χ0) is 26.9. The number of halogens is 1. The monoisotopic (exact) mass is 564 g/mol. The number of nitrogens with one attached hydrogen (secondary N) is 2. The summed E-state index contributed by atoms with van der Waals surface area (Å²) in [4.78, 5) is 38.6. The first-order valence-corrected chi connectivity index (χ1v) is 12.7. The lowest BCUT2D eigenvalue weighted by atomic mass is 10.1. The van der Waals surface area contributed by atoms with Gasteiger partial charge in [0.05, 0.1) is 0 Å². The third-order valence-corrected chi connectivity index (χ3v) is 6.27. The van der Waals surface area contributed by atoms with Gasteiger partial charge in [0.1, 0.15) is 5.70 Å². The summed E-state index contributed by atoms with van der Waals surface area (Å²) in [6.07, 6.45) is 4.91. The largest absolute Gasteiger partial charge is 0.321 e. The van der Waals surface area contributed by atoms with E-state index in [9.17, 15) is 14.4 Å². The Morgan fingerprint density at radius 2 is 1.39 bits per heavy atom. The van der Waals surface area contributed by atoms with Crippen molar-refractivity contribution < 1.29 is 14.4 Å². The summed E-state index contributed by atoms with van der Waals surface area (Å²) in [5.74, 6) is -1.02. The van der Waals surface area contributed by atoms with Crippen LogP contribution in [0.15, 0.2) is 119 Å². The lowest BCUT2D eigenvalue weighted by Gasteiger charge is -2.12. The van der Waals surface area contributed by atoms with Gasteiger partial charge in [0.2, 0.25) is 0 Å². The van der Waals surface area contributed by atoms with Crippen molar-refractivity contribution in [2.75, 3.05) is 5.32 Å². The van der Waals surface area contributed by atoms with Gasteiger partial charge in [0.15, 0.2) is 5.78 Å². The molecule has 2 N–H and O–H groups in total. The standard InChI is InChI=1S/C32H25BrN2O3/c1-22-7-5-6-10-26(22)21-29(35-31(37)25-8-3-2-4-9-25)32(38)34-28-18-14-24(15-19-28)30(36)20-13-23-11-16-27(33)17-12-23/h2-21H,1H3,(H,34,38)(H,35,37)/b20-13+,29-21-. The van der Waals surface area contributed by atoms with Crippen molar-refractivity contribution in [1.29, 1.82) is 0 Å². The van der Waals surface area contributed by atoms with Crippen molar-refractivity contribution >= 4 is 51.4 Å². The number of aryl methyl sites for hydroxylation is 1. The minimum atomic E-state index is -0.480. The molecule has 0 aliphatic rings. The fourth-order valence-electron chi connectivity index (χ4n) is 3.60. The van der Waals surface area contributed by atoms with E-state index in [0.717, 1.165) is 21.2 Å². The molecule has 6 heteroatoms. The summed E-state index contributed by atoms with van der Waals surface area (Å²) in [6, 6.07) is 30.5. The second-order valence-electron chi connectivity index (χ2n) is 8.52. The lowest BCUT2D eigenvalue weighted by molar-refractivity contribution is -0.113. The molecule has 38 heavy (non-hydrogen) atoms. The Balaban J connectivity index is 1.49. The molecule has 0 saturated heterocycles. The first-order chi connectivity index (χ1) is 18.4. The molecule has 2 amide bonds. The Morgan fingerprint density at radius 3 is 2.08 bits per heavy atom. The van der Waals surface area contributed by atoms with Crippen LogP contribution in [0.5, 0.6) is 0 Å². The van der Waals surface area contributed by atoms with E-state index >= 15 is 0 Å². The molecule has 0 heterocycles. The second kappa shape index (κ2) is 12.6. The summed E-state index contributed by atoms with van der Waals surface area (Å²) in [5, 5.41) is 5.55. The maximum Gasteiger partial charge on any atom is 0.272 e. The molecule has 0 saturated carbocycles. The summed E-state index contributed by atoms with van der Waals surface area (Å²) in [6.45, 7) is 1.93. The molecule has 0 aliphatic carbocycles. The average molecular weight is 565 g/mol. The van der Waals surface area contributed by atoms with Crippen LogP contribution in [-0.4, -0.2) is 17.6 Å². The van der Waals surface area contributed by atoms with E-state index in [-0.39, 0.29) is 17.4 Å². The van der Waals surface area contributed by atoms with Crippen LogP contribution in [0.3, 0.4) is 0 Å².